The summed E-state index contributed by atoms with van der Waals surface area (Å²) in [6.45, 7) is 14.0. The maximum absolute atomic E-state index is 4.07. The predicted octanol–water partition coefficient (Wildman–Crippen LogP) is 3.97. The zero-order chi connectivity index (χ0) is 14.0. The molecule has 0 spiro atoms. The van der Waals surface area contributed by atoms with Gasteiger partial charge in [-0.05, 0) is 37.0 Å². The van der Waals surface area contributed by atoms with Gasteiger partial charge in [0.15, 0.2) is 0 Å². The van der Waals surface area contributed by atoms with Crippen LogP contribution in [0.5, 0.6) is 0 Å². The van der Waals surface area contributed by atoms with E-state index in [1.54, 1.807) is 6.21 Å². The largest absolute Gasteiger partial charge is 0.265 e. The van der Waals surface area contributed by atoms with Crippen LogP contribution in [-0.4, -0.2) is 14.1 Å². The molecule has 0 aromatic heterocycles. The molecule has 0 aromatic carbocycles. The van der Waals surface area contributed by atoms with Gasteiger partial charge in [-0.3, -0.25) is 4.99 Å². The number of rotatable bonds is 7. The van der Waals surface area contributed by atoms with E-state index >= 15 is 0 Å². The third-order valence-corrected chi connectivity index (χ3v) is 2.75. The molecule has 0 radical (unpaired) electrons. The number of aliphatic imine (C=N–C) groups is 1. The highest BCUT2D eigenvalue weighted by Gasteiger charge is 2.03. The van der Waals surface area contributed by atoms with Gasteiger partial charge in [0, 0.05) is 12.4 Å². The van der Waals surface area contributed by atoms with E-state index in [0.717, 1.165) is 18.4 Å². The van der Waals surface area contributed by atoms with Crippen LogP contribution >= 0.6 is 0 Å². The summed E-state index contributed by atoms with van der Waals surface area (Å²) in [6, 6.07) is 0. The topological polar surface area (TPSA) is 12.4 Å². The maximum Gasteiger partial charge on any atom is 0.129 e. The minimum absolute atomic E-state index is 0.973. The van der Waals surface area contributed by atoms with Crippen molar-refractivity contribution in [2.75, 3.05) is 0 Å². The van der Waals surface area contributed by atoms with Crippen molar-refractivity contribution < 1.29 is 0 Å². The Balaban J connectivity index is 5.39. The first kappa shape index (κ1) is 16.4. The second kappa shape index (κ2) is 9.46. The Bertz CT molecular complexity index is 409. The average molecular weight is 241 g/mol. The highest BCUT2D eigenvalue weighted by atomic mass is 14.6. The molecular weight excluding hydrogens is 217 g/mol. The predicted molar refractivity (Wildman–Crippen MR) is 86.9 cm³/mol. The Morgan fingerprint density at radius 2 is 1.94 bits per heavy atom. The van der Waals surface area contributed by atoms with E-state index in [9.17, 15) is 0 Å². The summed E-state index contributed by atoms with van der Waals surface area (Å²) in [4.78, 5) is 3.99. The average Bonchev–Trinajstić information content (AvgIpc) is 2.36. The quantitative estimate of drug-likeness (QED) is 0.363. The fraction of sp³-hybridized carbons (Fsp3) is 0.312. The molecule has 0 amide bonds. The molecule has 0 aliphatic rings. The van der Waals surface area contributed by atoms with Crippen molar-refractivity contribution >= 4 is 14.1 Å². The molecule has 0 aliphatic carbocycles. The van der Waals surface area contributed by atoms with Crippen LogP contribution in [0.25, 0.3) is 0 Å². The summed E-state index contributed by atoms with van der Waals surface area (Å²) >= 11 is 0. The summed E-state index contributed by atoms with van der Waals surface area (Å²) in [7, 11) is 2.07. The smallest absolute Gasteiger partial charge is 0.129 e. The lowest BCUT2D eigenvalue weighted by atomic mass is 9.90. The van der Waals surface area contributed by atoms with Crippen molar-refractivity contribution in [3.05, 3.63) is 59.8 Å². The fourth-order valence-corrected chi connectivity index (χ4v) is 1.69. The van der Waals surface area contributed by atoms with Crippen LogP contribution in [0.15, 0.2) is 64.8 Å². The first-order chi connectivity index (χ1) is 8.60. The van der Waals surface area contributed by atoms with Gasteiger partial charge in [-0.25, -0.2) is 0 Å². The van der Waals surface area contributed by atoms with Crippen LogP contribution in [0.3, 0.4) is 0 Å². The minimum Gasteiger partial charge on any atom is -0.265 e. The van der Waals surface area contributed by atoms with Crippen molar-refractivity contribution in [2.45, 2.75) is 33.6 Å². The molecule has 2 heteroatoms. The number of hydrogen-bond acceptors (Lipinski definition) is 1. The summed E-state index contributed by atoms with van der Waals surface area (Å²) < 4.78 is 0. The molecule has 0 bridgehead atoms. The molecule has 0 heterocycles. The lowest BCUT2D eigenvalue weighted by Crippen LogP contribution is -1.92. The number of allylic oxidation sites excluding steroid dienone is 6. The molecule has 0 aliphatic heterocycles. The summed E-state index contributed by atoms with van der Waals surface area (Å²) in [5.74, 6) is 2.16. The molecule has 1 nitrogen and oxygen atoms in total. The zero-order valence-corrected chi connectivity index (χ0v) is 12.2. The fourth-order valence-electron chi connectivity index (χ4n) is 1.69. The van der Waals surface area contributed by atoms with E-state index < -0.39 is 0 Å². The monoisotopic (exact) mass is 241 g/mol. The molecule has 0 unspecified atom stereocenters. The van der Waals surface area contributed by atoms with E-state index in [1.165, 1.54) is 22.9 Å². The van der Waals surface area contributed by atoms with Gasteiger partial charge in [-0.2, -0.15) is 0 Å². The van der Waals surface area contributed by atoms with Crippen molar-refractivity contribution in [1.29, 1.82) is 0 Å². The second-order valence-electron chi connectivity index (χ2n) is 4.08. The highest BCUT2D eigenvalue weighted by Crippen LogP contribution is 2.22. The van der Waals surface area contributed by atoms with Crippen molar-refractivity contribution in [2.24, 2.45) is 4.99 Å². The Morgan fingerprint density at radius 1 is 1.28 bits per heavy atom. The van der Waals surface area contributed by atoms with E-state index in [4.69, 9.17) is 0 Å². The Hall–Kier alpha value is -1.57. The molecule has 0 aromatic rings. The van der Waals surface area contributed by atoms with Gasteiger partial charge in [0.25, 0.3) is 0 Å². The Kier molecular flexibility index (Phi) is 8.64. The van der Waals surface area contributed by atoms with Gasteiger partial charge in [-0.15, -0.1) is 5.98 Å². The molecule has 0 fully saturated rings. The van der Waals surface area contributed by atoms with Gasteiger partial charge < -0.3 is 0 Å². The third-order valence-electron chi connectivity index (χ3n) is 2.75. The molecule has 0 saturated carbocycles. The van der Waals surface area contributed by atoms with Crippen LogP contribution in [0.4, 0.5) is 0 Å². The normalized spacial score (nSPS) is 14.1. The van der Waals surface area contributed by atoms with Crippen molar-refractivity contribution in [1.82, 2.24) is 0 Å². The van der Waals surface area contributed by atoms with E-state index in [1.807, 2.05) is 6.08 Å². The van der Waals surface area contributed by atoms with Gasteiger partial charge in [0.05, 0.1) is 0 Å². The first-order valence-electron chi connectivity index (χ1n) is 6.46. The highest BCUT2D eigenvalue weighted by molar-refractivity contribution is 6.17. The van der Waals surface area contributed by atoms with Crippen LogP contribution in [-0.2, 0) is 0 Å². The molecular formula is C16H24BN. The number of nitrogens with zero attached hydrogens (tertiary/aromatic N) is 1. The van der Waals surface area contributed by atoms with Crippen molar-refractivity contribution in [3.63, 3.8) is 0 Å². The van der Waals surface area contributed by atoms with Crippen LogP contribution < -0.4 is 0 Å². The van der Waals surface area contributed by atoms with Crippen LogP contribution in [0, 0.1) is 0 Å². The van der Waals surface area contributed by atoms with E-state index in [2.05, 4.69) is 58.8 Å². The first-order valence-corrected chi connectivity index (χ1v) is 6.46. The molecule has 96 valence electrons. The van der Waals surface area contributed by atoms with Crippen molar-refractivity contribution in [3.8, 4) is 0 Å². The summed E-state index contributed by atoms with van der Waals surface area (Å²) in [5, 5.41) is 0. The van der Waals surface area contributed by atoms with E-state index in [0.29, 0.717) is 0 Å². The summed E-state index contributed by atoms with van der Waals surface area (Å²) in [5.41, 5.74) is 4.92. The zero-order valence-electron chi connectivity index (χ0n) is 12.2. The van der Waals surface area contributed by atoms with Gasteiger partial charge in [0.2, 0.25) is 0 Å². The molecule has 0 rings (SSSR count). The maximum atomic E-state index is 4.07. The lowest BCUT2D eigenvalue weighted by molar-refractivity contribution is 1.09. The van der Waals surface area contributed by atoms with E-state index in [-0.39, 0.29) is 0 Å². The van der Waals surface area contributed by atoms with Gasteiger partial charge in [0.1, 0.15) is 7.85 Å². The van der Waals surface area contributed by atoms with Gasteiger partial charge >= 0.3 is 0 Å². The van der Waals surface area contributed by atoms with Crippen LogP contribution in [0.1, 0.15) is 33.6 Å². The molecule has 0 atom stereocenters. The third kappa shape index (κ3) is 5.67. The lowest BCUT2D eigenvalue weighted by Gasteiger charge is -2.11. The molecule has 18 heavy (non-hydrogen) atoms. The standard InChI is InChI=1S/C16H24BN/c1-6-14(9-10-18-8-3)11-16(13(4)5)15(7-2)12-17/h8-12H,3-4,6-7,17H2,1-2,5H3/b14-9-,15-12-,16-11-,18-10-. The van der Waals surface area contributed by atoms with Gasteiger partial charge in [-0.1, -0.05) is 44.2 Å². The van der Waals surface area contributed by atoms with Crippen LogP contribution in [0.2, 0.25) is 0 Å². The Morgan fingerprint density at radius 3 is 2.33 bits per heavy atom. The molecule has 0 saturated heterocycles. The number of hydrogen-bond donors (Lipinski definition) is 0. The minimum atomic E-state index is 0.973. The SMILES string of the molecule is B\C=C(CC)/C(=C\C(=C/C=N\C=C)CC)C(=C)C. The summed E-state index contributed by atoms with van der Waals surface area (Å²) in [6.07, 6.45) is 9.54. The second-order valence-corrected chi connectivity index (χ2v) is 4.08. The molecule has 0 N–H and O–H groups in total. The Labute approximate surface area is 113 Å².